The van der Waals surface area contributed by atoms with Crippen LogP contribution in [0.1, 0.15) is 25.8 Å². The van der Waals surface area contributed by atoms with Crippen molar-refractivity contribution in [2.75, 3.05) is 0 Å². The molecule has 1 aromatic carbocycles. The summed E-state index contributed by atoms with van der Waals surface area (Å²) < 4.78 is 18.2. The summed E-state index contributed by atoms with van der Waals surface area (Å²) in [6, 6.07) is 5.55. The second-order valence-electron chi connectivity index (χ2n) is 4.11. The van der Waals surface area contributed by atoms with Crippen LogP contribution < -0.4 is 5.73 Å². The molecule has 1 rings (SSSR count). The third-order valence-electron chi connectivity index (χ3n) is 2.86. The van der Waals surface area contributed by atoms with Crippen molar-refractivity contribution in [2.45, 2.75) is 32.9 Å². The maximum absolute atomic E-state index is 13.2. The van der Waals surface area contributed by atoms with E-state index < -0.39 is 12.0 Å². The minimum absolute atomic E-state index is 0.0584. The lowest BCUT2D eigenvalue weighted by Gasteiger charge is -2.16. The molecule has 1 aromatic rings. The predicted molar refractivity (Wildman–Crippen MR) is 63.6 cm³/mol. The van der Waals surface area contributed by atoms with Gasteiger partial charge >= 0.3 is 5.97 Å². The van der Waals surface area contributed by atoms with Crippen LogP contribution in [0.2, 0.25) is 0 Å². The SMILES string of the molecule is CCC(C)[C@H](N)C(=O)OCc1ccccc1F. The Bertz CT molecular complexity index is 381. The number of rotatable bonds is 5. The van der Waals surface area contributed by atoms with E-state index >= 15 is 0 Å². The maximum Gasteiger partial charge on any atom is 0.323 e. The lowest BCUT2D eigenvalue weighted by atomic mass is 10.0. The van der Waals surface area contributed by atoms with Crippen LogP contribution in [0.4, 0.5) is 4.39 Å². The summed E-state index contributed by atoms with van der Waals surface area (Å²) in [7, 11) is 0. The molecule has 0 saturated carbocycles. The zero-order valence-electron chi connectivity index (χ0n) is 10.2. The average Bonchev–Trinajstić information content (AvgIpc) is 2.35. The lowest BCUT2D eigenvalue weighted by Crippen LogP contribution is -2.37. The monoisotopic (exact) mass is 239 g/mol. The molecule has 4 heteroatoms. The van der Waals surface area contributed by atoms with E-state index in [1.165, 1.54) is 6.07 Å². The fourth-order valence-electron chi connectivity index (χ4n) is 1.35. The molecule has 1 unspecified atom stereocenters. The van der Waals surface area contributed by atoms with Crippen molar-refractivity contribution in [3.05, 3.63) is 35.6 Å². The van der Waals surface area contributed by atoms with Gasteiger partial charge in [-0.15, -0.1) is 0 Å². The molecule has 0 aliphatic rings. The Morgan fingerprint density at radius 1 is 1.47 bits per heavy atom. The number of carbonyl (C=O) groups excluding carboxylic acids is 1. The lowest BCUT2D eigenvalue weighted by molar-refractivity contribution is -0.147. The molecule has 0 aromatic heterocycles. The number of halogens is 1. The molecule has 2 N–H and O–H groups in total. The van der Waals surface area contributed by atoms with E-state index in [4.69, 9.17) is 10.5 Å². The van der Waals surface area contributed by atoms with Crippen LogP contribution in [0.5, 0.6) is 0 Å². The van der Waals surface area contributed by atoms with Gasteiger partial charge in [0.15, 0.2) is 0 Å². The Labute approximate surface area is 101 Å². The predicted octanol–water partition coefficient (Wildman–Crippen LogP) is 2.24. The van der Waals surface area contributed by atoms with Gasteiger partial charge in [-0.25, -0.2) is 4.39 Å². The number of hydrogen-bond donors (Lipinski definition) is 1. The van der Waals surface area contributed by atoms with Crippen molar-refractivity contribution >= 4 is 5.97 Å². The summed E-state index contributed by atoms with van der Waals surface area (Å²) in [4.78, 5) is 11.6. The van der Waals surface area contributed by atoms with Crippen molar-refractivity contribution in [1.82, 2.24) is 0 Å². The molecule has 0 amide bonds. The molecule has 0 fully saturated rings. The van der Waals surface area contributed by atoms with Crippen LogP contribution in [0.25, 0.3) is 0 Å². The molecule has 0 aliphatic heterocycles. The van der Waals surface area contributed by atoms with Gasteiger partial charge < -0.3 is 10.5 Å². The van der Waals surface area contributed by atoms with Gasteiger partial charge in [0.05, 0.1) is 0 Å². The Morgan fingerprint density at radius 3 is 2.71 bits per heavy atom. The first-order chi connectivity index (χ1) is 8.06. The summed E-state index contributed by atoms with van der Waals surface area (Å²) in [5, 5.41) is 0. The van der Waals surface area contributed by atoms with Gasteiger partial charge in [-0.2, -0.15) is 0 Å². The molecule has 0 heterocycles. The van der Waals surface area contributed by atoms with Crippen molar-refractivity contribution in [2.24, 2.45) is 11.7 Å². The van der Waals surface area contributed by atoms with Crippen LogP contribution in [0, 0.1) is 11.7 Å². The van der Waals surface area contributed by atoms with E-state index in [1.807, 2.05) is 13.8 Å². The van der Waals surface area contributed by atoms with Gasteiger partial charge in [0.1, 0.15) is 18.5 Å². The van der Waals surface area contributed by atoms with Gasteiger partial charge in [0.2, 0.25) is 0 Å². The number of hydrogen-bond acceptors (Lipinski definition) is 3. The molecule has 3 nitrogen and oxygen atoms in total. The molecule has 17 heavy (non-hydrogen) atoms. The zero-order chi connectivity index (χ0) is 12.8. The number of carbonyl (C=O) groups is 1. The van der Waals surface area contributed by atoms with Gasteiger partial charge in [0, 0.05) is 5.56 Å². The van der Waals surface area contributed by atoms with Gasteiger partial charge in [-0.05, 0) is 12.0 Å². The first kappa shape index (κ1) is 13.6. The highest BCUT2D eigenvalue weighted by atomic mass is 19.1. The summed E-state index contributed by atoms with van der Waals surface area (Å²) in [5.74, 6) is -0.803. The quantitative estimate of drug-likeness (QED) is 0.802. The fraction of sp³-hybridized carbons (Fsp3) is 0.462. The van der Waals surface area contributed by atoms with Crippen molar-refractivity contribution < 1.29 is 13.9 Å². The van der Waals surface area contributed by atoms with Crippen LogP contribution in [0.3, 0.4) is 0 Å². The van der Waals surface area contributed by atoms with Gasteiger partial charge in [0.25, 0.3) is 0 Å². The highest BCUT2D eigenvalue weighted by Gasteiger charge is 2.21. The van der Waals surface area contributed by atoms with E-state index in [0.29, 0.717) is 5.56 Å². The van der Waals surface area contributed by atoms with Crippen molar-refractivity contribution in [3.63, 3.8) is 0 Å². The minimum Gasteiger partial charge on any atom is -0.460 e. The largest absolute Gasteiger partial charge is 0.460 e. The topological polar surface area (TPSA) is 52.3 Å². The summed E-state index contributed by atoms with van der Waals surface area (Å²) in [6.45, 7) is 3.76. The molecule has 0 radical (unpaired) electrons. The molecule has 0 spiro atoms. The van der Waals surface area contributed by atoms with Gasteiger partial charge in [-0.1, -0.05) is 38.5 Å². The standard InChI is InChI=1S/C13H18FNO2/c1-3-9(2)12(15)13(16)17-8-10-6-4-5-7-11(10)14/h4-7,9,12H,3,8,15H2,1-2H3/t9?,12-/m0/s1. The van der Waals surface area contributed by atoms with E-state index in [9.17, 15) is 9.18 Å². The molecule has 94 valence electrons. The van der Waals surface area contributed by atoms with Crippen LogP contribution in [-0.4, -0.2) is 12.0 Å². The average molecular weight is 239 g/mol. The number of ether oxygens (including phenoxy) is 1. The Morgan fingerprint density at radius 2 is 2.12 bits per heavy atom. The van der Waals surface area contributed by atoms with E-state index in [1.54, 1.807) is 18.2 Å². The Hall–Kier alpha value is -1.42. The number of esters is 1. The normalized spacial score (nSPS) is 14.1. The second-order valence-corrected chi connectivity index (χ2v) is 4.11. The second kappa shape index (κ2) is 6.35. The summed E-state index contributed by atoms with van der Waals surface area (Å²) in [6.07, 6.45) is 0.802. The molecular weight excluding hydrogens is 221 g/mol. The van der Waals surface area contributed by atoms with Crippen molar-refractivity contribution in [3.8, 4) is 0 Å². The first-order valence-electron chi connectivity index (χ1n) is 5.71. The zero-order valence-corrected chi connectivity index (χ0v) is 10.2. The molecule has 0 aliphatic carbocycles. The smallest absolute Gasteiger partial charge is 0.323 e. The molecule has 2 atom stereocenters. The maximum atomic E-state index is 13.2. The molecular formula is C13H18FNO2. The van der Waals surface area contributed by atoms with Crippen LogP contribution >= 0.6 is 0 Å². The van der Waals surface area contributed by atoms with Crippen molar-refractivity contribution in [1.29, 1.82) is 0 Å². The third-order valence-corrected chi connectivity index (χ3v) is 2.86. The van der Waals surface area contributed by atoms with E-state index in [0.717, 1.165) is 6.42 Å². The molecule has 0 bridgehead atoms. The fourth-order valence-corrected chi connectivity index (χ4v) is 1.35. The van der Waals surface area contributed by atoms with E-state index in [-0.39, 0.29) is 18.3 Å². The number of nitrogens with two attached hydrogens (primary N) is 1. The number of benzene rings is 1. The highest BCUT2D eigenvalue weighted by Crippen LogP contribution is 2.11. The highest BCUT2D eigenvalue weighted by molar-refractivity contribution is 5.75. The Kier molecular flexibility index (Phi) is 5.10. The van der Waals surface area contributed by atoms with Crippen LogP contribution in [-0.2, 0) is 16.1 Å². The molecule has 0 saturated heterocycles. The Balaban J connectivity index is 2.51. The minimum atomic E-state index is -0.647. The first-order valence-corrected chi connectivity index (χ1v) is 5.71. The van der Waals surface area contributed by atoms with Crippen LogP contribution in [0.15, 0.2) is 24.3 Å². The van der Waals surface area contributed by atoms with E-state index in [2.05, 4.69) is 0 Å². The summed E-state index contributed by atoms with van der Waals surface area (Å²) in [5.41, 5.74) is 6.06. The third kappa shape index (κ3) is 3.82. The summed E-state index contributed by atoms with van der Waals surface area (Å²) >= 11 is 0. The van der Waals surface area contributed by atoms with Gasteiger partial charge in [-0.3, -0.25) is 4.79 Å².